The summed E-state index contributed by atoms with van der Waals surface area (Å²) in [7, 11) is 3.76. The van der Waals surface area contributed by atoms with Crippen LogP contribution < -0.4 is 10.6 Å². The van der Waals surface area contributed by atoms with Crippen LogP contribution in [-0.2, 0) is 19.1 Å². The van der Waals surface area contributed by atoms with E-state index in [9.17, 15) is 13.2 Å². The van der Waals surface area contributed by atoms with E-state index in [0.717, 1.165) is 42.8 Å². The zero-order valence-electron chi connectivity index (χ0n) is 16.5. The third-order valence-corrected chi connectivity index (χ3v) is 4.91. The smallest absolute Gasteiger partial charge is 0.356 e. The second-order valence-corrected chi connectivity index (χ2v) is 7.32. The molecule has 0 aliphatic rings. The van der Waals surface area contributed by atoms with Gasteiger partial charge in [-0.3, -0.25) is 4.99 Å². The number of hydrogen-bond acceptors (Lipinski definition) is 4. The number of aromatic nitrogens is 1. The standard InChI is InChI=1S/C19H26F3N5S.HI/c1-23-18(25-11-9-17-26-16(14-28-17)19(20,21)22)24-10-6-12-27(2)13-15-7-4-3-5-8-15;/h3-5,7-8,14H,6,9-13H2,1-2H3,(H2,23,24,25);1H. The van der Waals surface area contributed by atoms with Crippen molar-refractivity contribution in [3.63, 3.8) is 0 Å². The van der Waals surface area contributed by atoms with Gasteiger partial charge in [0.25, 0.3) is 0 Å². The lowest BCUT2D eigenvalue weighted by Gasteiger charge is -2.17. The molecule has 0 bridgehead atoms. The number of rotatable bonds is 9. The van der Waals surface area contributed by atoms with Gasteiger partial charge in [0.15, 0.2) is 11.7 Å². The van der Waals surface area contributed by atoms with Crippen molar-refractivity contribution in [3.8, 4) is 0 Å². The van der Waals surface area contributed by atoms with Crippen molar-refractivity contribution in [3.05, 3.63) is 52.0 Å². The number of nitrogens with zero attached hydrogens (tertiary/aromatic N) is 3. The molecule has 0 saturated heterocycles. The Morgan fingerprint density at radius 2 is 1.86 bits per heavy atom. The highest BCUT2D eigenvalue weighted by molar-refractivity contribution is 14.0. The summed E-state index contributed by atoms with van der Waals surface area (Å²) in [5.41, 5.74) is 0.459. The highest BCUT2D eigenvalue weighted by Gasteiger charge is 2.33. The van der Waals surface area contributed by atoms with Crippen molar-refractivity contribution in [1.82, 2.24) is 20.5 Å². The first-order valence-electron chi connectivity index (χ1n) is 9.07. The Kier molecular flexibility index (Phi) is 11.5. The summed E-state index contributed by atoms with van der Waals surface area (Å²) in [6.07, 6.45) is -3.01. The van der Waals surface area contributed by atoms with E-state index in [1.165, 1.54) is 5.56 Å². The van der Waals surface area contributed by atoms with Crippen LogP contribution in [0.15, 0.2) is 40.7 Å². The van der Waals surface area contributed by atoms with Crippen LogP contribution in [0.3, 0.4) is 0 Å². The van der Waals surface area contributed by atoms with Crippen LogP contribution in [0.4, 0.5) is 13.2 Å². The third-order valence-electron chi connectivity index (χ3n) is 4.00. The van der Waals surface area contributed by atoms with E-state index in [4.69, 9.17) is 0 Å². The van der Waals surface area contributed by atoms with E-state index < -0.39 is 11.9 Å². The van der Waals surface area contributed by atoms with Gasteiger partial charge in [0.2, 0.25) is 0 Å². The molecule has 162 valence electrons. The van der Waals surface area contributed by atoms with Gasteiger partial charge >= 0.3 is 6.18 Å². The largest absolute Gasteiger partial charge is 0.434 e. The minimum absolute atomic E-state index is 0. The number of benzene rings is 1. The first-order valence-corrected chi connectivity index (χ1v) is 9.95. The Labute approximate surface area is 190 Å². The Morgan fingerprint density at radius 3 is 2.48 bits per heavy atom. The van der Waals surface area contributed by atoms with Gasteiger partial charge in [0.05, 0.1) is 5.01 Å². The van der Waals surface area contributed by atoms with Crippen LogP contribution in [-0.4, -0.2) is 49.6 Å². The van der Waals surface area contributed by atoms with E-state index in [1.54, 1.807) is 7.05 Å². The molecule has 0 spiro atoms. The number of guanidine groups is 1. The maximum absolute atomic E-state index is 12.6. The molecule has 0 amide bonds. The zero-order chi connectivity index (χ0) is 20.4. The van der Waals surface area contributed by atoms with E-state index in [1.807, 2.05) is 18.2 Å². The summed E-state index contributed by atoms with van der Waals surface area (Å²) in [5.74, 6) is 0.637. The molecule has 2 N–H and O–H groups in total. The summed E-state index contributed by atoms with van der Waals surface area (Å²) in [5, 5.41) is 7.83. The highest BCUT2D eigenvalue weighted by atomic mass is 127. The maximum atomic E-state index is 12.6. The summed E-state index contributed by atoms with van der Waals surface area (Å²) in [6.45, 7) is 3.08. The van der Waals surface area contributed by atoms with E-state index in [0.29, 0.717) is 23.9 Å². The van der Waals surface area contributed by atoms with Gasteiger partial charge in [-0.1, -0.05) is 30.3 Å². The zero-order valence-corrected chi connectivity index (χ0v) is 19.6. The van der Waals surface area contributed by atoms with Gasteiger partial charge in [0.1, 0.15) is 0 Å². The second-order valence-electron chi connectivity index (χ2n) is 6.38. The molecule has 0 radical (unpaired) electrons. The quantitative estimate of drug-likeness (QED) is 0.218. The van der Waals surface area contributed by atoms with Gasteiger partial charge in [-0.25, -0.2) is 4.98 Å². The molecule has 0 aliphatic heterocycles. The van der Waals surface area contributed by atoms with Crippen LogP contribution in [0, 0.1) is 0 Å². The van der Waals surface area contributed by atoms with E-state index in [2.05, 4.69) is 44.7 Å². The van der Waals surface area contributed by atoms with Gasteiger partial charge in [0, 0.05) is 38.5 Å². The Morgan fingerprint density at radius 1 is 1.17 bits per heavy atom. The van der Waals surface area contributed by atoms with Crippen LogP contribution in [0.2, 0.25) is 0 Å². The average Bonchev–Trinajstić information content (AvgIpc) is 3.14. The van der Waals surface area contributed by atoms with Crippen LogP contribution >= 0.6 is 35.3 Å². The molecule has 0 fully saturated rings. The van der Waals surface area contributed by atoms with Crippen molar-refractivity contribution in [2.45, 2.75) is 25.6 Å². The van der Waals surface area contributed by atoms with Crippen LogP contribution in [0.1, 0.15) is 22.7 Å². The fraction of sp³-hybridized carbons (Fsp3) is 0.474. The lowest BCUT2D eigenvalue weighted by atomic mass is 10.2. The predicted octanol–water partition coefficient (Wildman–Crippen LogP) is 4.01. The molecule has 2 aromatic rings. The molecule has 2 rings (SSSR count). The SMILES string of the molecule is CN=C(NCCCN(C)Cc1ccccc1)NCCc1nc(C(F)(F)F)cs1.I. The van der Waals surface area contributed by atoms with Crippen molar-refractivity contribution in [2.75, 3.05) is 33.7 Å². The first kappa shape index (κ1) is 25.6. The molecule has 29 heavy (non-hydrogen) atoms. The summed E-state index contributed by atoms with van der Waals surface area (Å²) < 4.78 is 37.7. The van der Waals surface area contributed by atoms with Gasteiger partial charge in [-0.15, -0.1) is 35.3 Å². The molecular weight excluding hydrogens is 514 g/mol. The molecule has 5 nitrogen and oxygen atoms in total. The maximum Gasteiger partial charge on any atom is 0.434 e. The second kappa shape index (κ2) is 13.0. The molecular formula is C19H27F3IN5S. The third kappa shape index (κ3) is 9.77. The van der Waals surface area contributed by atoms with Crippen molar-refractivity contribution >= 4 is 41.3 Å². The number of halogens is 4. The van der Waals surface area contributed by atoms with E-state index in [-0.39, 0.29) is 24.0 Å². The molecule has 0 aliphatic carbocycles. The number of aliphatic imine (C=N–C) groups is 1. The monoisotopic (exact) mass is 541 g/mol. The normalized spacial score (nSPS) is 12.0. The number of nitrogens with one attached hydrogen (secondary N) is 2. The van der Waals surface area contributed by atoms with Crippen molar-refractivity contribution < 1.29 is 13.2 Å². The first-order chi connectivity index (χ1) is 13.4. The van der Waals surface area contributed by atoms with E-state index >= 15 is 0 Å². The molecule has 1 aromatic heterocycles. The fourth-order valence-corrected chi connectivity index (χ4v) is 3.40. The van der Waals surface area contributed by atoms with Crippen molar-refractivity contribution in [1.29, 1.82) is 0 Å². The van der Waals surface area contributed by atoms with Gasteiger partial charge < -0.3 is 15.5 Å². The summed E-state index contributed by atoms with van der Waals surface area (Å²) in [6, 6.07) is 10.3. The topological polar surface area (TPSA) is 52.6 Å². The summed E-state index contributed by atoms with van der Waals surface area (Å²) in [4.78, 5) is 10.0. The Hall–Kier alpha value is -1.40. The molecule has 1 heterocycles. The van der Waals surface area contributed by atoms with Gasteiger partial charge in [-0.2, -0.15) is 13.2 Å². The Bertz CT molecular complexity index is 737. The lowest BCUT2D eigenvalue weighted by molar-refractivity contribution is -0.140. The summed E-state index contributed by atoms with van der Waals surface area (Å²) >= 11 is 1.02. The number of thiazole rings is 1. The predicted molar refractivity (Wildman–Crippen MR) is 123 cm³/mol. The molecule has 0 unspecified atom stereocenters. The Balaban J connectivity index is 0.00000420. The molecule has 10 heteroatoms. The molecule has 0 saturated carbocycles. The highest BCUT2D eigenvalue weighted by Crippen LogP contribution is 2.29. The average molecular weight is 541 g/mol. The van der Waals surface area contributed by atoms with Crippen LogP contribution in [0.25, 0.3) is 0 Å². The fourth-order valence-electron chi connectivity index (χ4n) is 2.59. The van der Waals surface area contributed by atoms with Gasteiger partial charge in [-0.05, 0) is 25.6 Å². The minimum atomic E-state index is -4.38. The molecule has 0 atom stereocenters. The number of alkyl halides is 3. The minimum Gasteiger partial charge on any atom is -0.356 e. The van der Waals surface area contributed by atoms with Crippen molar-refractivity contribution in [2.24, 2.45) is 4.99 Å². The molecule has 1 aromatic carbocycles. The number of hydrogen-bond donors (Lipinski definition) is 2. The van der Waals surface area contributed by atoms with Crippen LogP contribution in [0.5, 0.6) is 0 Å². The lowest BCUT2D eigenvalue weighted by Crippen LogP contribution is -2.39.